The Morgan fingerprint density at radius 2 is 1.73 bits per heavy atom. The second-order valence-corrected chi connectivity index (χ2v) is 8.95. The van der Waals surface area contributed by atoms with Crippen molar-refractivity contribution in [1.82, 2.24) is 5.32 Å². The van der Waals surface area contributed by atoms with E-state index in [9.17, 15) is 30.8 Å². The van der Waals surface area contributed by atoms with Crippen molar-refractivity contribution in [1.29, 1.82) is 0 Å². The summed E-state index contributed by atoms with van der Waals surface area (Å²) in [6.07, 6.45) is -4.76. The quantitative estimate of drug-likeness (QED) is 0.529. The summed E-state index contributed by atoms with van der Waals surface area (Å²) in [7, 11) is -3.74. The molecule has 0 saturated heterocycles. The molecule has 5 nitrogen and oxygen atoms in total. The van der Waals surface area contributed by atoms with E-state index in [2.05, 4.69) is 10.0 Å². The van der Waals surface area contributed by atoms with Crippen molar-refractivity contribution in [2.24, 2.45) is 0 Å². The molecule has 0 radical (unpaired) electrons. The highest BCUT2D eigenvalue weighted by molar-refractivity contribution is 7.94. The van der Waals surface area contributed by atoms with Crippen molar-refractivity contribution in [3.8, 4) is 0 Å². The number of nitrogens with one attached hydrogen (secondary N) is 2. The summed E-state index contributed by atoms with van der Waals surface area (Å²) in [5.74, 6) is -1.70. The summed E-state index contributed by atoms with van der Waals surface area (Å²) in [5.41, 5.74) is -1.11. The Kier molecular flexibility index (Phi) is 6.13. The van der Waals surface area contributed by atoms with Gasteiger partial charge in [-0.1, -0.05) is 12.1 Å². The Morgan fingerprint density at radius 3 is 2.33 bits per heavy atom. The summed E-state index contributed by atoms with van der Waals surface area (Å²) < 4.78 is 79.1. The molecular weight excluding hydrogens is 444 g/mol. The molecular formula is C19H14F4N2O3S2. The number of thiophene rings is 1. The van der Waals surface area contributed by atoms with E-state index in [1.807, 2.05) is 0 Å². The summed E-state index contributed by atoms with van der Waals surface area (Å²) in [6.45, 7) is -0.458. The highest BCUT2D eigenvalue weighted by atomic mass is 32.2. The van der Waals surface area contributed by atoms with Crippen LogP contribution in [0.15, 0.2) is 64.2 Å². The van der Waals surface area contributed by atoms with Gasteiger partial charge in [-0.2, -0.15) is 13.2 Å². The molecule has 158 valence electrons. The predicted molar refractivity (Wildman–Crippen MR) is 104 cm³/mol. The highest BCUT2D eigenvalue weighted by Gasteiger charge is 2.33. The van der Waals surface area contributed by atoms with Crippen LogP contribution < -0.4 is 10.0 Å². The smallest absolute Gasteiger partial charge is 0.348 e. The lowest BCUT2D eigenvalue weighted by Gasteiger charge is -2.14. The third-order valence-electron chi connectivity index (χ3n) is 3.98. The number of carbonyl (C=O) groups is 1. The van der Waals surface area contributed by atoms with Crippen LogP contribution in [0, 0.1) is 5.82 Å². The molecule has 2 N–H and O–H groups in total. The van der Waals surface area contributed by atoms with Crippen molar-refractivity contribution in [3.63, 3.8) is 0 Å². The van der Waals surface area contributed by atoms with E-state index < -0.39 is 40.0 Å². The summed E-state index contributed by atoms with van der Waals surface area (Å²) in [4.78, 5) is 12.2. The normalized spacial score (nSPS) is 11.9. The molecule has 0 bridgehead atoms. The minimum atomic E-state index is -4.76. The largest absolute Gasteiger partial charge is 0.416 e. The minimum Gasteiger partial charge on any atom is -0.348 e. The number of anilines is 1. The zero-order valence-electron chi connectivity index (χ0n) is 15.0. The molecule has 30 heavy (non-hydrogen) atoms. The first-order valence-corrected chi connectivity index (χ1v) is 10.7. The molecule has 0 fully saturated rings. The molecule has 3 rings (SSSR count). The number of halogens is 4. The fourth-order valence-corrected chi connectivity index (χ4v) is 4.61. The maximum Gasteiger partial charge on any atom is 0.416 e. The topological polar surface area (TPSA) is 75.3 Å². The SMILES string of the molecule is O=C(NCc1ccc(F)cc1C(F)(F)F)c1ccc(NS(=O)(=O)c2cccs2)cc1. The van der Waals surface area contributed by atoms with Crippen LogP contribution in [-0.4, -0.2) is 14.3 Å². The minimum absolute atomic E-state index is 0.116. The van der Waals surface area contributed by atoms with Crippen LogP contribution >= 0.6 is 11.3 Å². The zero-order valence-corrected chi connectivity index (χ0v) is 16.7. The van der Waals surface area contributed by atoms with Crippen LogP contribution in [0.4, 0.5) is 23.2 Å². The summed E-state index contributed by atoms with van der Waals surface area (Å²) in [5, 5.41) is 3.96. The number of alkyl halides is 3. The van der Waals surface area contributed by atoms with Crippen molar-refractivity contribution in [2.45, 2.75) is 16.9 Å². The van der Waals surface area contributed by atoms with Gasteiger partial charge in [0, 0.05) is 17.8 Å². The highest BCUT2D eigenvalue weighted by Crippen LogP contribution is 2.32. The monoisotopic (exact) mass is 458 g/mol. The lowest BCUT2D eigenvalue weighted by molar-refractivity contribution is -0.138. The van der Waals surface area contributed by atoms with E-state index in [0.717, 1.165) is 23.5 Å². The number of hydrogen-bond donors (Lipinski definition) is 2. The van der Waals surface area contributed by atoms with E-state index in [0.29, 0.717) is 6.07 Å². The summed E-state index contributed by atoms with van der Waals surface area (Å²) in [6, 6.07) is 10.6. The molecule has 0 aliphatic heterocycles. The maximum atomic E-state index is 13.2. The first-order chi connectivity index (χ1) is 14.1. The number of amides is 1. The van der Waals surface area contributed by atoms with Crippen molar-refractivity contribution < 1.29 is 30.8 Å². The maximum absolute atomic E-state index is 13.2. The fourth-order valence-electron chi connectivity index (χ4n) is 2.56. The van der Waals surface area contributed by atoms with Gasteiger partial charge in [0.15, 0.2) is 0 Å². The van der Waals surface area contributed by atoms with Gasteiger partial charge < -0.3 is 5.32 Å². The first-order valence-electron chi connectivity index (χ1n) is 8.36. The molecule has 1 heterocycles. The molecule has 0 spiro atoms. The van der Waals surface area contributed by atoms with Gasteiger partial charge in [-0.05, 0) is 53.4 Å². The van der Waals surface area contributed by atoms with Gasteiger partial charge in [-0.3, -0.25) is 9.52 Å². The Bertz CT molecular complexity index is 1140. The Hall–Kier alpha value is -2.92. The zero-order chi connectivity index (χ0) is 21.9. The van der Waals surface area contributed by atoms with Crippen LogP contribution in [-0.2, 0) is 22.7 Å². The standard InChI is InChI=1S/C19H14F4N2O3S2/c20-14-6-3-13(16(10-14)19(21,22)23)11-24-18(26)12-4-7-15(8-5-12)25-30(27,28)17-2-1-9-29-17/h1-10,25H,11H2,(H,24,26). The van der Waals surface area contributed by atoms with Gasteiger partial charge in [0.25, 0.3) is 15.9 Å². The van der Waals surface area contributed by atoms with Crippen LogP contribution in [0.3, 0.4) is 0 Å². The fraction of sp³-hybridized carbons (Fsp3) is 0.105. The molecule has 1 aromatic heterocycles. The number of rotatable bonds is 6. The van der Waals surface area contributed by atoms with Gasteiger partial charge in [0.05, 0.1) is 5.56 Å². The molecule has 1 amide bonds. The van der Waals surface area contributed by atoms with Gasteiger partial charge in [-0.15, -0.1) is 11.3 Å². The van der Waals surface area contributed by atoms with Crippen LogP contribution in [0.25, 0.3) is 0 Å². The third kappa shape index (κ3) is 5.16. The second kappa shape index (κ2) is 8.44. The van der Waals surface area contributed by atoms with Gasteiger partial charge in [0.1, 0.15) is 10.0 Å². The molecule has 0 saturated carbocycles. The first kappa shape index (κ1) is 21.8. The average molecular weight is 458 g/mol. The predicted octanol–water partition coefficient (Wildman–Crippen LogP) is 4.64. The lowest BCUT2D eigenvalue weighted by atomic mass is 10.1. The molecule has 11 heteroatoms. The van der Waals surface area contributed by atoms with Crippen molar-refractivity contribution in [3.05, 3.63) is 82.5 Å². The van der Waals surface area contributed by atoms with Crippen molar-refractivity contribution >= 4 is 33.0 Å². The van der Waals surface area contributed by atoms with Gasteiger partial charge >= 0.3 is 6.18 Å². The van der Waals surface area contributed by atoms with Crippen LogP contribution in [0.1, 0.15) is 21.5 Å². The number of hydrogen-bond acceptors (Lipinski definition) is 4. The van der Waals surface area contributed by atoms with E-state index in [-0.39, 0.29) is 21.0 Å². The molecule has 0 aliphatic rings. The van der Waals surface area contributed by atoms with E-state index in [1.165, 1.54) is 30.3 Å². The Morgan fingerprint density at radius 1 is 1.03 bits per heavy atom. The molecule has 3 aromatic rings. The van der Waals surface area contributed by atoms with E-state index in [4.69, 9.17) is 0 Å². The average Bonchev–Trinajstić information content (AvgIpc) is 3.22. The number of carbonyl (C=O) groups excluding carboxylic acids is 1. The molecule has 0 aliphatic carbocycles. The Balaban J connectivity index is 1.68. The molecule has 0 unspecified atom stereocenters. The molecule has 0 atom stereocenters. The van der Waals surface area contributed by atoms with Crippen molar-refractivity contribution in [2.75, 3.05) is 4.72 Å². The van der Waals surface area contributed by atoms with E-state index >= 15 is 0 Å². The van der Waals surface area contributed by atoms with Gasteiger partial charge in [-0.25, -0.2) is 12.8 Å². The second-order valence-electron chi connectivity index (χ2n) is 6.10. The van der Waals surface area contributed by atoms with E-state index in [1.54, 1.807) is 11.4 Å². The van der Waals surface area contributed by atoms with Gasteiger partial charge in [0.2, 0.25) is 0 Å². The van der Waals surface area contributed by atoms with Crippen LogP contribution in [0.2, 0.25) is 0 Å². The third-order valence-corrected chi connectivity index (χ3v) is 6.75. The Labute approximate surface area is 173 Å². The number of benzene rings is 2. The molecule has 2 aromatic carbocycles. The number of sulfonamides is 1. The van der Waals surface area contributed by atoms with Crippen LogP contribution in [0.5, 0.6) is 0 Å². The lowest BCUT2D eigenvalue weighted by Crippen LogP contribution is -2.24. The summed E-state index contributed by atoms with van der Waals surface area (Å²) >= 11 is 1.05.